The number of aryl methyl sites for hydroxylation is 2. The van der Waals surface area contributed by atoms with Crippen molar-refractivity contribution in [1.29, 1.82) is 0 Å². The van der Waals surface area contributed by atoms with E-state index in [0.29, 0.717) is 6.61 Å². The van der Waals surface area contributed by atoms with Crippen molar-refractivity contribution in [3.05, 3.63) is 15.3 Å². The first-order valence-corrected chi connectivity index (χ1v) is 5.60. The van der Waals surface area contributed by atoms with E-state index in [9.17, 15) is 0 Å². The van der Waals surface area contributed by atoms with Gasteiger partial charge in [0.2, 0.25) is 0 Å². The minimum Gasteiger partial charge on any atom is -0.489 e. The molecule has 1 rings (SSSR count). The van der Waals surface area contributed by atoms with Crippen LogP contribution in [0.15, 0.2) is 0 Å². The lowest BCUT2D eigenvalue weighted by Gasteiger charge is -2.12. The maximum Gasteiger partial charge on any atom is 0.136 e. The Morgan fingerprint density at radius 1 is 1.21 bits per heavy atom. The van der Waals surface area contributed by atoms with Crippen molar-refractivity contribution in [2.75, 3.05) is 13.7 Å². The summed E-state index contributed by atoms with van der Waals surface area (Å²) in [5.41, 5.74) is 1.26. The van der Waals surface area contributed by atoms with Crippen molar-refractivity contribution in [2.45, 2.75) is 33.8 Å². The molecule has 0 aromatic carbocycles. The van der Waals surface area contributed by atoms with Gasteiger partial charge in [-0.25, -0.2) is 0 Å². The summed E-state index contributed by atoms with van der Waals surface area (Å²) in [7, 11) is 1.70. The fourth-order valence-corrected chi connectivity index (χ4v) is 2.26. The molecule has 14 heavy (non-hydrogen) atoms. The van der Waals surface area contributed by atoms with Gasteiger partial charge in [0, 0.05) is 22.4 Å². The summed E-state index contributed by atoms with van der Waals surface area (Å²) >= 11 is 1.79. The van der Waals surface area contributed by atoms with E-state index in [1.165, 1.54) is 15.3 Å². The van der Waals surface area contributed by atoms with Crippen LogP contribution in [0.2, 0.25) is 0 Å². The largest absolute Gasteiger partial charge is 0.489 e. The molecule has 0 saturated heterocycles. The van der Waals surface area contributed by atoms with Gasteiger partial charge >= 0.3 is 0 Å². The van der Waals surface area contributed by atoms with Crippen LogP contribution in [0.3, 0.4) is 0 Å². The summed E-state index contributed by atoms with van der Waals surface area (Å²) in [4.78, 5) is 2.59. The SMILES string of the molecule is COC(C)COc1c(C)sc(C)c1C. The monoisotopic (exact) mass is 214 g/mol. The zero-order valence-corrected chi connectivity index (χ0v) is 10.3. The molecular weight excluding hydrogens is 196 g/mol. The highest BCUT2D eigenvalue weighted by Gasteiger charge is 2.11. The topological polar surface area (TPSA) is 18.5 Å². The van der Waals surface area contributed by atoms with Crippen molar-refractivity contribution in [2.24, 2.45) is 0 Å². The Bertz CT molecular complexity index is 304. The number of thiophene rings is 1. The molecule has 2 nitrogen and oxygen atoms in total. The van der Waals surface area contributed by atoms with E-state index in [1.807, 2.05) is 6.92 Å². The molecule has 0 aliphatic carbocycles. The zero-order chi connectivity index (χ0) is 10.7. The van der Waals surface area contributed by atoms with E-state index >= 15 is 0 Å². The van der Waals surface area contributed by atoms with Crippen molar-refractivity contribution < 1.29 is 9.47 Å². The van der Waals surface area contributed by atoms with Gasteiger partial charge in [-0.2, -0.15) is 0 Å². The second-order valence-corrected chi connectivity index (χ2v) is 4.95. The van der Waals surface area contributed by atoms with E-state index in [4.69, 9.17) is 9.47 Å². The van der Waals surface area contributed by atoms with Crippen LogP contribution in [-0.4, -0.2) is 19.8 Å². The van der Waals surface area contributed by atoms with E-state index in [1.54, 1.807) is 18.4 Å². The molecule has 80 valence electrons. The number of hydrogen-bond donors (Lipinski definition) is 0. The minimum atomic E-state index is 0.147. The van der Waals surface area contributed by atoms with Crippen molar-refractivity contribution in [1.82, 2.24) is 0 Å². The first-order valence-electron chi connectivity index (χ1n) is 4.78. The van der Waals surface area contributed by atoms with Gasteiger partial charge in [-0.3, -0.25) is 0 Å². The summed E-state index contributed by atoms with van der Waals surface area (Å²) in [5.74, 6) is 1.04. The van der Waals surface area contributed by atoms with Crippen LogP contribution in [0, 0.1) is 20.8 Å². The first-order chi connectivity index (χ1) is 6.56. The Morgan fingerprint density at radius 3 is 2.29 bits per heavy atom. The molecule has 0 saturated carbocycles. The molecule has 1 atom stereocenters. The van der Waals surface area contributed by atoms with Crippen LogP contribution in [0.5, 0.6) is 5.75 Å². The molecule has 0 radical (unpaired) electrons. The van der Waals surface area contributed by atoms with Gasteiger partial charge in [0.1, 0.15) is 12.4 Å². The van der Waals surface area contributed by atoms with Gasteiger partial charge in [0.25, 0.3) is 0 Å². The number of hydrogen-bond acceptors (Lipinski definition) is 3. The molecular formula is C11H18O2S. The number of methoxy groups -OCH3 is 1. The third kappa shape index (κ3) is 2.49. The molecule has 0 amide bonds. The van der Waals surface area contributed by atoms with Gasteiger partial charge in [0.15, 0.2) is 0 Å². The van der Waals surface area contributed by atoms with Gasteiger partial charge in [-0.1, -0.05) is 0 Å². The third-order valence-corrected chi connectivity index (χ3v) is 3.46. The molecule has 3 heteroatoms. The fraction of sp³-hybridized carbons (Fsp3) is 0.636. The highest BCUT2D eigenvalue weighted by atomic mass is 32.1. The van der Waals surface area contributed by atoms with Crippen LogP contribution in [-0.2, 0) is 4.74 Å². The Balaban J connectivity index is 2.67. The molecule has 0 N–H and O–H groups in total. The van der Waals surface area contributed by atoms with Crippen LogP contribution in [0.4, 0.5) is 0 Å². The molecule has 0 aliphatic heterocycles. The second-order valence-electron chi connectivity index (χ2n) is 3.53. The molecule has 0 aliphatic rings. The van der Waals surface area contributed by atoms with Gasteiger partial charge in [0.05, 0.1) is 6.10 Å². The highest BCUT2D eigenvalue weighted by molar-refractivity contribution is 7.12. The normalized spacial score (nSPS) is 12.9. The van der Waals surface area contributed by atoms with Gasteiger partial charge in [-0.05, 0) is 27.7 Å². The van der Waals surface area contributed by atoms with Crippen molar-refractivity contribution in [3.8, 4) is 5.75 Å². The van der Waals surface area contributed by atoms with E-state index in [-0.39, 0.29) is 6.10 Å². The average molecular weight is 214 g/mol. The Morgan fingerprint density at radius 2 is 1.86 bits per heavy atom. The highest BCUT2D eigenvalue weighted by Crippen LogP contribution is 2.33. The summed E-state index contributed by atoms with van der Waals surface area (Å²) in [6, 6.07) is 0. The van der Waals surface area contributed by atoms with Gasteiger partial charge in [-0.15, -0.1) is 11.3 Å². The predicted molar refractivity (Wildman–Crippen MR) is 60.5 cm³/mol. The number of rotatable bonds is 4. The average Bonchev–Trinajstić information content (AvgIpc) is 2.39. The summed E-state index contributed by atoms with van der Waals surface area (Å²) < 4.78 is 10.9. The van der Waals surface area contributed by atoms with E-state index < -0.39 is 0 Å². The Hall–Kier alpha value is -0.540. The molecule has 1 aromatic rings. The van der Waals surface area contributed by atoms with Crippen molar-refractivity contribution in [3.63, 3.8) is 0 Å². The minimum absolute atomic E-state index is 0.147. The quantitative estimate of drug-likeness (QED) is 0.767. The molecule has 1 unspecified atom stereocenters. The van der Waals surface area contributed by atoms with Crippen molar-refractivity contribution >= 4 is 11.3 Å². The molecule has 1 heterocycles. The fourth-order valence-electron chi connectivity index (χ4n) is 1.26. The van der Waals surface area contributed by atoms with Gasteiger partial charge < -0.3 is 9.47 Å². The second kappa shape index (κ2) is 4.80. The lowest BCUT2D eigenvalue weighted by Crippen LogP contribution is -2.16. The predicted octanol–water partition coefficient (Wildman–Crippen LogP) is 3.09. The standard InChI is InChI=1S/C11H18O2S/c1-7(12-5)6-13-11-8(2)9(3)14-10(11)4/h7H,6H2,1-5H3. The molecule has 0 spiro atoms. The summed E-state index contributed by atoms with van der Waals surface area (Å²) in [6.07, 6.45) is 0.147. The lowest BCUT2D eigenvalue weighted by atomic mass is 10.2. The van der Waals surface area contributed by atoms with Crippen LogP contribution in [0.25, 0.3) is 0 Å². The third-order valence-electron chi connectivity index (χ3n) is 2.36. The molecule has 0 fully saturated rings. The lowest BCUT2D eigenvalue weighted by molar-refractivity contribution is 0.0713. The van der Waals surface area contributed by atoms with Crippen LogP contribution in [0.1, 0.15) is 22.2 Å². The molecule has 0 bridgehead atoms. The summed E-state index contributed by atoms with van der Waals surface area (Å²) in [5, 5.41) is 0. The maximum atomic E-state index is 5.73. The van der Waals surface area contributed by atoms with Crippen LogP contribution < -0.4 is 4.74 Å². The van der Waals surface area contributed by atoms with E-state index in [2.05, 4.69) is 20.8 Å². The number of ether oxygens (including phenoxy) is 2. The maximum absolute atomic E-state index is 5.73. The zero-order valence-electron chi connectivity index (χ0n) is 9.51. The Labute approximate surface area is 89.9 Å². The summed E-state index contributed by atoms with van der Waals surface area (Å²) in [6.45, 7) is 8.95. The Kier molecular flexibility index (Phi) is 3.96. The van der Waals surface area contributed by atoms with E-state index in [0.717, 1.165) is 5.75 Å². The first kappa shape index (κ1) is 11.5. The van der Waals surface area contributed by atoms with Crippen LogP contribution >= 0.6 is 11.3 Å². The smallest absolute Gasteiger partial charge is 0.136 e. The molecule has 1 aromatic heterocycles.